The summed E-state index contributed by atoms with van der Waals surface area (Å²) in [5.74, 6) is 0.619. The standard InChI is InChI=1S/C15H21BrN2O.ClH/c1-10(17)9-14(19)18-15(11-3-2-4-11)12-5-7-13(16)8-6-12;/h5-8,10-11,15H,2-4,9,17H2,1H3,(H,18,19);1H. The van der Waals surface area contributed by atoms with Crippen molar-refractivity contribution in [3.8, 4) is 0 Å². The van der Waals surface area contributed by atoms with Gasteiger partial charge in [0, 0.05) is 16.9 Å². The Bertz CT molecular complexity index is 432. The van der Waals surface area contributed by atoms with Gasteiger partial charge in [0.25, 0.3) is 0 Å². The topological polar surface area (TPSA) is 55.1 Å². The van der Waals surface area contributed by atoms with Crippen molar-refractivity contribution in [1.29, 1.82) is 0 Å². The lowest BCUT2D eigenvalue weighted by molar-refractivity contribution is -0.122. The van der Waals surface area contributed by atoms with Crippen LogP contribution >= 0.6 is 28.3 Å². The van der Waals surface area contributed by atoms with Crippen LogP contribution in [-0.4, -0.2) is 11.9 Å². The third kappa shape index (κ3) is 4.76. The number of rotatable bonds is 5. The zero-order valence-corrected chi connectivity index (χ0v) is 14.0. The van der Waals surface area contributed by atoms with E-state index in [9.17, 15) is 4.79 Å². The van der Waals surface area contributed by atoms with Gasteiger partial charge < -0.3 is 11.1 Å². The molecule has 2 rings (SSSR count). The highest BCUT2D eigenvalue weighted by atomic mass is 79.9. The zero-order chi connectivity index (χ0) is 13.8. The lowest BCUT2D eigenvalue weighted by Crippen LogP contribution is -2.38. The second-order valence-corrected chi connectivity index (χ2v) is 6.38. The molecule has 2 atom stereocenters. The molecule has 0 spiro atoms. The minimum absolute atomic E-state index is 0. The van der Waals surface area contributed by atoms with Crippen molar-refractivity contribution in [1.82, 2.24) is 5.32 Å². The predicted molar refractivity (Wildman–Crippen MR) is 87.9 cm³/mol. The van der Waals surface area contributed by atoms with Crippen molar-refractivity contribution in [3.05, 3.63) is 34.3 Å². The number of hydrogen-bond acceptors (Lipinski definition) is 2. The Morgan fingerprint density at radius 3 is 2.45 bits per heavy atom. The molecular weight excluding hydrogens is 340 g/mol. The van der Waals surface area contributed by atoms with Crippen LogP contribution in [0, 0.1) is 5.92 Å². The maximum Gasteiger partial charge on any atom is 0.222 e. The molecule has 0 bridgehead atoms. The maximum atomic E-state index is 11.9. The maximum absolute atomic E-state index is 11.9. The van der Waals surface area contributed by atoms with Crippen LogP contribution in [0.2, 0.25) is 0 Å². The predicted octanol–water partition coefficient (Wildman–Crippen LogP) is 3.57. The summed E-state index contributed by atoms with van der Waals surface area (Å²) in [4.78, 5) is 11.9. The molecule has 1 fully saturated rings. The monoisotopic (exact) mass is 360 g/mol. The van der Waals surface area contributed by atoms with Crippen LogP contribution in [0.3, 0.4) is 0 Å². The van der Waals surface area contributed by atoms with Crippen LogP contribution in [-0.2, 0) is 4.79 Å². The third-order valence-electron chi connectivity index (χ3n) is 3.67. The van der Waals surface area contributed by atoms with E-state index in [0.717, 1.165) is 4.47 Å². The van der Waals surface area contributed by atoms with E-state index in [-0.39, 0.29) is 30.4 Å². The Balaban J connectivity index is 0.00000200. The van der Waals surface area contributed by atoms with Gasteiger partial charge in [0.05, 0.1) is 6.04 Å². The van der Waals surface area contributed by atoms with Crippen LogP contribution < -0.4 is 11.1 Å². The van der Waals surface area contributed by atoms with Crippen molar-refractivity contribution < 1.29 is 4.79 Å². The summed E-state index contributed by atoms with van der Waals surface area (Å²) in [6, 6.07) is 8.26. The summed E-state index contributed by atoms with van der Waals surface area (Å²) in [6.45, 7) is 1.86. The summed E-state index contributed by atoms with van der Waals surface area (Å²) in [7, 11) is 0. The average Bonchev–Trinajstić information content (AvgIpc) is 2.25. The molecule has 20 heavy (non-hydrogen) atoms. The van der Waals surface area contributed by atoms with Gasteiger partial charge in [-0.15, -0.1) is 12.4 Å². The molecule has 2 unspecified atom stereocenters. The fraction of sp³-hybridized carbons (Fsp3) is 0.533. The number of nitrogens with one attached hydrogen (secondary N) is 1. The Hall–Kier alpha value is -0.580. The van der Waals surface area contributed by atoms with E-state index < -0.39 is 0 Å². The van der Waals surface area contributed by atoms with Gasteiger partial charge in [-0.3, -0.25) is 4.79 Å². The molecule has 1 aliphatic carbocycles. The molecule has 0 heterocycles. The van der Waals surface area contributed by atoms with Gasteiger partial charge in [-0.05, 0) is 43.4 Å². The molecule has 3 N–H and O–H groups in total. The lowest BCUT2D eigenvalue weighted by Gasteiger charge is -2.35. The SMILES string of the molecule is CC(N)CC(=O)NC(c1ccc(Br)cc1)C1CCC1.Cl. The Morgan fingerprint density at radius 1 is 1.40 bits per heavy atom. The molecule has 1 amide bonds. The van der Waals surface area contributed by atoms with Crippen molar-refractivity contribution in [3.63, 3.8) is 0 Å². The first-order chi connectivity index (χ1) is 9.06. The van der Waals surface area contributed by atoms with E-state index in [0.29, 0.717) is 12.3 Å². The molecule has 1 aliphatic rings. The molecule has 0 saturated heterocycles. The minimum atomic E-state index is -0.0908. The van der Waals surface area contributed by atoms with Crippen LogP contribution in [0.25, 0.3) is 0 Å². The second-order valence-electron chi connectivity index (χ2n) is 5.47. The van der Waals surface area contributed by atoms with Gasteiger partial charge in [-0.2, -0.15) is 0 Å². The number of halogens is 2. The summed E-state index contributed by atoms with van der Waals surface area (Å²) in [6.07, 6.45) is 4.04. The van der Waals surface area contributed by atoms with Crippen molar-refractivity contribution in [2.24, 2.45) is 11.7 Å². The van der Waals surface area contributed by atoms with Crippen LogP contribution in [0.5, 0.6) is 0 Å². The van der Waals surface area contributed by atoms with Crippen LogP contribution in [0.15, 0.2) is 28.7 Å². The summed E-state index contributed by atoms with van der Waals surface area (Å²) in [5, 5.41) is 3.15. The Labute approximate surface area is 135 Å². The molecule has 1 saturated carbocycles. The van der Waals surface area contributed by atoms with Gasteiger partial charge in [0.2, 0.25) is 5.91 Å². The molecule has 0 aliphatic heterocycles. The van der Waals surface area contributed by atoms with Gasteiger partial charge in [-0.1, -0.05) is 34.5 Å². The number of carbonyl (C=O) groups is 1. The molecule has 0 radical (unpaired) electrons. The molecule has 5 heteroatoms. The van der Waals surface area contributed by atoms with E-state index in [1.165, 1.54) is 24.8 Å². The fourth-order valence-corrected chi connectivity index (χ4v) is 2.71. The van der Waals surface area contributed by atoms with Crippen molar-refractivity contribution in [2.75, 3.05) is 0 Å². The largest absolute Gasteiger partial charge is 0.349 e. The van der Waals surface area contributed by atoms with Gasteiger partial charge in [0.1, 0.15) is 0 Å². The first-order valence-corrected chi connectivity index (χ1v) is 7.66. The van der Waals surface area contributed by atoms with E-state index in [4.69, 9.17) is 5.73 Å². The van der Waals surface area contributed by atoms with Crippen LogP contribution in [0.4, 0.5) is 0 Å². The highest BCUT2D eigenvalue weighted by Gasteiger charge is 2.29. The number of amides is 1. The van der Waals surface area contributed by atoms with Crippen molar-refractivity contribution >= 4 is 34.2 Å². The minimum Gasteiger partial charge on any atom is -0.349 e. The molecule has 112 valence electrons. The summed E-state index contributed by atoms with van der Waals surface area (Å²) < 4.78 is 1.06. The highest BCUT2D eigenvalue weighted by molar-refractivity contribution is 9.10. The second kappa shape index (κ2) is 8.01. The molecule has 0 aromatic heterocycles. The van der Waals surface area contributed by atoms with Crippen LogP contribution in [0.1, 0.15) is 44.2 Å². The smallest absolute Gasteiger partial charge is 0.222 e. The van der Waals surface area contributed by atoms with E-state index in [2.05, 4.69) is 33.4 Å². The number of carbonyl (C=O) groups excluding carboxylic acids is 1. The summed E-state index contributed by atoms with van der Waals surface area (Å²) in [5.41, 5.74) is 6.87. The Morgan fingerprint density at radius 2 is 2.00 bits per heavy atom. The normalized spacial score (nSPS) is 17.6. The first kappa shape index (κ1) is 17.5. The van der Waals surface area contributed by atoms with E-state index in [1.54, 1.807) is 0 Å². The zero-order valence-electron chi connectivity index (χ0n) is 11.6. The quantitative estimate of drug-likeness (QED) is 0.842. The van der Waals surface area contributed by atoms with Crippen molar-refractivity contribution in [2.45, 2.75) is 44.7 Å². The van der Waals surface area contributed by atoms with E-state index in [1.807, 2.05) is 19.1 Å². The number of nitrogens with two attached hydrogens (primary N) is 1. The number of benzene rings is 1. The third-order valence-corrected chi connectivity index (χ3v) is 4.20. The number of hydrogen-bond donors (Lipinski definition) is 2. The molecular formula is C15H22BrClN2O. The highest BCUT2D eigenvalue weighted by Crippen LogP contribution is 2.38. The lowest BCUT2D eigenvalue weighted by atomic mass is 9.77. The average molecular weight is 362 g/mol. The van der Waals surface area contributed by atoms with E-state index >= 15 is 0 Å². The molecule has 1 aromatic carbocycles. The first-order valence-electron chi connectivity index (χ1n) is 6.86. The van der Waals surface area contributed by atoms with Gasteiger partial charge in [0.15, 0.2) is 0 Å². The van der Waals surface area contributed by atoms with Gasteiger partial charge in [-0.25, -0.2) is 0 Å². The molecule has 3 nitrogen and oxygen atoms in total. The summed E-state index contributed by atoms with van der Waals surface area (Å²) >= 11 is 3.44. The van der Waals surface area contributed by atoms with Gasteiger partial charge >= 0.3 is 0 Å². The fourth-order valence-electron chi connectivity index (χ4n) is 2.44. The Kier molecular flexibility index (Phi) is 7.00. The molecule has 1 aromatic rings.